The molecule has 0 spiro atoms. The molecule has 0 saturated heterocycles. The molecule has 1 aromatic carbocycles. The smallest absolute Gasteiger partial charge is 0.294 e. The lowest BCUT2D eigenvalue weighted by Crippen LogP contribution is -2.25. The molecule has 0 fully saturated rings. The third-order valence-electron chi connectivity index (χ3n) is 5.62. The van der Waals surface area contributed by atoms with Crippen LogP contribution in [0.2, 0.25) is 0 Å². The highest BCUT2D eigenvalue weighted by atomic mass is 32.1. The van der Waals surface area contributed by atoms with Crippen molar-refractivity contribution in [1.82, 2.24) is 14.9 Å². The summed E-state index contributed by atoms with van der Waals surface area (Å²) < 4.78 is 5.90. The first-order valence-corrected chi connectivity index (χ1v) is 11.4. The summed E-state index contributed by atoms with van der Waals surface area (Å²) in [6.07, 6.45) is 2.07. The molecule has 4 rings (SSSR count). The van der Waals surface area contributed by atoms with Crippen LogP contribution in [0.4, 0.5) is 0 Å². The summed E-state index contributed by atoms with van der Waals surface area (Å²) in [5, 5.41) is 10.1. The van der Waals surface area contributed by atoms with Gasteiger partial charge in [-0.3, -0.25) is 4.79 Å². The number of fused-ring (bicyclic) bond motifs is 3. The van der Waals surface area contributed by atoms with E-state index in [0.29, 0.717) is 25.3 Å². The van der Waals surface area contributed by atoms with Gasteiger partial charge < -0.3 is 19.5 Å². The summed E-state index contributed by atoms with van der Waals surface area (Å²) in [6, 6.07) is 3.92. The number of unbranched alkanes of at least 4 members (excludes halogenated alkanes) is 1. The Morgan fingerprint density at radius 1 is 1.25 bits per heavy atom. The highest BCUT2D eigenvalue weighted by Crippen LogP contribution is 2.34. The average Bonchev–Trinajstić information content (AvgIpc) is 3.09. The number of aryl methyl sites for hydroxylation is 2. The zero-order valence-corrected chi connectivity index (χ0v) is 19.2. The Labute approximate surface area is 189 Å². The maximum Gasteiger partial charge on any atom is 0.294 e. The quantitative estimate of drug-likeness (QED) is 0.312. The maximum absolute atomic E-state index is 12.9. The number of hydrogen-bond donors (Lipinski definition) is 1. The third-order valence-corrected chi connectivity index (χ3v) is 6.73. The van der Waals surface area contributed by atoms with Gasteiger partial charge >= 0.3 is 0 Å². The number of ether oxygens (including phenoxy) is 1. The number of hydrogen-bond acceptors (Lipinski definition) is 8. The van der Waals surface area contributed by atoms with E-state index in [2.05, 4.69) is 21.8 Å². The van der Waals surface area contributed by atoms with Crippen molar-refractivity contribution in [3.63, 3.8) is 0 Å². The first-order valence-electron chi connectivity index (χ1n) is 10.6. The molecule has 3 heterocycles. The lowest BCUT2D eigenvalue weighted by atomic mass is 10.0. The number of H-pyrrole nitrogens is 1. The number of rotatable bonds is 8. The van der Waals surface area contributed by atoms with Gasteiger partial charge in [-0.1, -0.05) is 0 Å². The van der Waals surface area contributed by atoms with Gasteiger partial charge in [0.05, 0.1) is 18.6 Å². The molecule has 0 bridgehead atoms. The molecule has 0 amide bonds. The summed E-state index contributed by atoms with van der Waals surface area (Å²) >= 11 is 1.61. The van der Waals surface area contributed by atoms with Crippen LogP contribution < -0.4 is 10.3 Å². The highest BCUT2D eigenvalue weighted by molar-refractivity contribution is 7.18. The Bertz CT molecular complexity index is 1200. The first-order chi connectivity index (χ1) is 15.3. The van der Waals surface area contributed by atoms with Crippen LogP contribution in [0.25, 0.3) is 21.6 Å². The van der Waals surface area contributed by atoms with Gasteiger partial charge in [0, 0.05) is 23.5 Å². The average molecular weight is 459 g/mol. The van der Waals surface area contributed by atoms with Crippen molar-refractivity contribution in [2.24, 2.45) is 0 Å². The Hall–Kier alpha value is -2.98. The van der Waals surface area contributed by atoms with Gasteiger partial charge in [0.2, 0.25) is 0 Å². The van der Waals surface area contributed by atoms with Crippen molar-refractivity contribution in [3.05, 3.63) is 54.2 Å². The van der Waals surface area contributed by atoms with Crippen molar-refractivity contribution in [2.45, 2.75) is 39.7 Å². The van der Waals surface area contributed by atoms with E-state index in [-0.39, 0.29) is 12.2 Å². The van der Waals surface area contributed by atoms with Crippen LogP contribution in [-0.2, 0) is 17.8 Å². The van der Waals surface area contributed by atoms with E-state index in [9.17, 15) is 14.9 Å². The minimum atomic E-state index is -0.784. The number of nitrogens with zero attached hydrogens (tertiary/aromatic N) is 3. The Kier molecular flexibility index (Phi) is 6.43. The van der Waals surface area contributed by atoms with E-state index in [1.165, 1.54) is 4.88 Å². The summed E-state index contributed by atoms with van der Waals surface area (Å²) in [5.74, 6) is 1.34. The first kappa shape index (κ1) is 22.2. The Morgan fingerprint density at radius 2 is 1.97 bits per heavy atom. The molecule has 1 aliphatic heterocycles. The fourth-order valence-electron chi connectivity index (χ4n) is 4.10. The lowest BCUT2D eigenvalue weighted by Gasteiger charge is -2.21. The number of likely N-dealkylation sites (N-methyl/N-ethyl adjacent to an activating group) is 1. The minimum absolute atomic E-state index is 0.0667. The minimum Gasteiger partial charge on any atom is -0.493 e. The van der Waals surface area contributed by atoms with Crippen LogP contribution in [0.15, 0.2) is 16.9 Å². The summed E-state index contributed by atoms with van der Waals surface area (Å²) in [7, 11) is 2.09. The molecule has 9 nitrogen and oxygen atoms in total. The number of aromatic amines is 1. The van der Waals surface area contributed by atoms with Crippen LogP contribution in [0.3, 0.4) is 0 Å². The van der Waals surface area contributed by atoms with Gasteiger partial charge in [0.1, 0.15) is 16.4 Å². The number of thiophene rings is 1. The summed E-state index contributed by atoms with van der Waals surface area (Å²) in [4.78, 5) is 39.4. The van der Waals surface area contributed by atoms with E-state index in [4.69, 9.17) is 9.72 Å². The third kappa shape index (κ3) is 4.61. The molecule has 1 aliphatic rings. The second-order valence-corrected chi connectivity index (χ2v) is 9.22. The number of benzene rings is 1. The molecule has 0 saturated carbocycles. The van der Waals surface area contributed by atoms with Crippen LogP contribution in [0.1, 0.15) is 34.4 Å². The van der Waals surface area contributed by atoms with Gasteiger partial charge in [-0.2, -0.15) is 0 Å². The van der Waals surface area contributed by atoms with Crippen LogP contribution in [0, 0.1) is 24.0 Å². The second-order valence-electron chi connectivity index (χ2n) is 8.14. The predicted octanol–water partition coefficient (Wildman–Crippen LogP) is 3.62. The molecule has 0 unspecified atom stereocenters. The number of nitrogens with one attached hydrogen (secondary N) is 1. The molecular formula is C22H26N4O5S. The number of aromatic nitrogens is 2. The molecule has 3 aromatic rings. The molecule has 0 atom stereocenters. The van der Waals surface area contributed by atoms with Gasteiger partial charge in [0.25, 0.3) is 10.6 Å². The molecule has 170 valence electrons. The normalized spacial score (nSPS) is 13.8. The van der Waals surface area contributed by atoms with Crippen molar-refractivity contribution in [3.8, 4) is 17.1 Å². The topological polar surface area (TPSA) is 111 Å². The summed E-state index contributed by atoms with van der Waals surface area (Å²) in [5.41, 5.74) is 3.78. The molecule has 1 N–H and O–H groups in total. The van der Waals surface area contributed by atoms with E-state index in [1.54, 1.807) is 11.3 Å². The molecule has 0 radical (unpaired) electrons. The van der Waals surface area contributed by atoms with Crippen molar-refractivity contribution >= 4 is 21.6 Å². The van der Waals surface area contributed by atoms with Gasteiger partial charge in [-0.15, -0.1) is 21.5 Å². The van der Waals surface area contributed by atoms with E-state index >= 15 is 0 Å². The molecule has 10 heteroatoms. The van der Waals surface area contributed by atoms with Crippen LogP contribution in [0.5, 0.6) is 5.75 Å². The molecular weight excluding hydrogens is 432 g/mol. The van der Waals surface area contributed by atoms with E-state index in [1.807, 2.05) is 26.0 Å². The van der Waals surface area contributed by atoms with Crippen LogP contribution in [-0.4, -0.2) is 46.8 Å². The van der Waals surface area contributed by atoms with Crippen molar-refractivity contribution in [2.75, 3.05) is 26.8 Å². The fraction of sp³-hybridized carbons (Fsp3) is 0.455. The Balaban J connectivity index is 1.54. The summed E-state index contributed by atoms with van der Waals surface area (Å²) in [6.45, 7) is 6.22. The van der Waals surface area contributed by atoms with Crippen molar-refractivity contribution < 1.29 is 14.7 Å². The maximum atomic E-state index is 12.9. The van der Waals surface area contributed by atoms with Crippen molar-refractivity contribution in [1.29, 1.82) is 0 Å². The fourth-order valence-corrected chi connectivity index (χ4v) is 5.40. The second kappa shape index (κ2) is 9.25. The Morgan fingerprint density at radius 3 is 2.69 bits per heavy atom. The molecule has 2 aromatic heterocycles. The zero-order chi connectivity index (χ0) is 22.8. The van der Waals surface area contributed by atoms with E-state index in [0.717, 1.165) is 57.7 Å². The zero-order valence-electron chi connectivity index (χ0n) is 18.4. The van der Waals surface area contributed by atoms with Gasteiger partial charge in [-0.25, -0.2) is 4.98 Å². The van der Waals surface area contributed by atoms with Crippen LogP contribution >= 0.6 is 11.3 Å². The largest absolute Gasteiger partial charge is 0.493 e. The predicted molar refractivity (Wildman–Crippen MR) is 123 cm³/mol. The SMILES string of the molecule is Cc1cc(-c2nc3sc4c(c3c(=O)[nH]2)CCN(C)C4)cc(C)c1OCCCCO[N+](=O)[O-]. The monoisotopic (exact) mass is 458 g/mol. The molecule has 32 heavy (non-hydrogen) atoms. The van der Waals surface area contributed by atoms with Gasteiger partial charge in [-0.05, 0) is 69.0 Å². The van der Waals surface area contributed by atoms with E-state index < -0.39 is 5.09 Å². The molecule has 0 aliphatic carbocycles. The highest BCUT2D eigenvalue weighted by Gasteiger charge is 2.22. The standard InChI is InChI=1S/C22H26N4O5S/c1-13-10-15(11-14(2)19(13)30-8-4-5-9-31-26(28)29)20-23-21(27)18-16-6-7-25(3)12-17(16)32-22(18)24-20/h10-11H,4-9,12H2,1-3H3,(H,23,24,27). The van der Waals surface area contributed by atoms with Gasteiger partial charge in [0.15, 0.2) is 0 Å². The lowest BCUT2D eigenvalue weighted by molar-refractivity contribution is -0.757.